The number of benzene rings is 1. The van der Waals surface area contributed by atoms with Crippen LogP contribution in [0.1, 0.15) is 25.7 Å². The molecular formula is C23H36N8O2. The van der Waals surface area contributed by atoms with Crippen molar-refractivity contribution < 1.29 is 9.47 Å². The molecule has 0 bridgehead atoms. The monoisotopic (exact) mass is 456 g/mol. The van der Waals surface area contributed by atoms with Gasteiger partial charge in [0.05, 0.1) is 30.8 Å². The fourth-order valence-corrected chi connectivity index (χ4v) is 4.24. The van der Waals surface area contributed by atoms with Gasteiger partial charge >= 0.3 is 0 Å². The number of hydrogen-bond acceptors (Lipinski definition) is 10. The molecule has 180 valence electrons. The first-order valence-electron chi connectivity index (χ1n) is 11.8. The molecule has 2 aliphatic rings. The highest BCUT2D eigenvalue weighted by atomic mass is 16.5. The minimum absolute atomic E-state index is 0.303. The van der Waals surface area contributed by atoms with Crippen molar-refractivity contribution in [2.45, 2.75) is 37.8 Å². The molecule has 1 saturated heterocycles. The Morgan fingerprint density at radius 3 is 2.58 bits per heavy atom. The molecule has 1 aliphatic carbocycles. The summed E-state index contributed by atoms with van der Waals surface area (Å²) in [7, 11) is 1.84. The van der Waals surface area contributed by atoms with Crippen LogP contribution >= 0.6 is 0 Å². The second-order valence-electron chi connectivity index (χ2n) is 8.58. The summed E-state index contributed by atoms with van der Waals surface area (Å²) < 4.78 is 11.3. The second kappa shape index (κ2) is 11.5. The Morgan fingerprint density at radius 2 is 1.88 bits per heavy atom. The summed E-state index contributed by atoms with van der Waals surface area (Å²) in [5.74, 6) is 2.00. The third-order valence-electron chi connectivity index (χ3n) is 6.21. The van der Waals surface area contributed by atoms with E-state index in [4.69, 9.17) is 25.9 Å². The zero-order valence-electron chi connectivity index (χ0n) is 19.4. The van der Waals surface area contributed by atoms with E-state index in [9.17, 15) is 0 Å². The molecule has 0 amide bonds. The summed E-state index contributed by atoms with van der Waals surface area (Å²) >= 11 is 0. The quantitative estimate of drug-likeness (QED) is 0.414. The van der Waals surface area contributed by atoms with Gasteiger partial charge in [0.2, 0.25) is 5.95 Å². The van der Waals surface area contributed by atoms with E-state index in [1.54, 1.807) is 6.20 Å². The molecule has 0 atom stereocenters. The summed E-state index contributed by atoms with van der Waals surface area (Å²) in [6.07, 6.45) is 5.72. The normalized spacial score (nSPS) is 21.5. The lowest BCUT2D eigenvalue weighted by Gasteiger charge is -2.28. The molecule has 33 heavy (non-hydrogen) atoms. The Labute approximate surface area is 195 Å². The van der Waals surface area contributed by atoms with E-state index >= 15 is 0 Å². The van der Waals surface area contributed by atoms with Crippen LogP contribution in [0.5, 0.6) is 5.75 Å². The highest BCUT2D eigenvalue weighted by Crippen LogP contribution is 2.29. The summed E-state index contributed by atoms with van der Waals surface area (Å²) in [6.45, 7) is 5.07. The number of rotatable bonds is 9. The van der Waals surface area contributed by atoms with Crippen LogP contribution < -0.4 is 32.0 Å². The van der Waals surface area contributed by atoms with Gasteiger partial charge in [-0.25, -0.2) is 10.4 Å². The van der Waals surface area contributed by atoms with E-state index in [2.05, 4.69) is 20.6 Å². The fraction of sp³-hybridized carbons (Fsp3) is 0.565. The number of nitrogens with zero attached hydrogens (tertiary/aromatic N) is 4. The molecule has 1 aliphatic heterocycles. The SMILES string of the molecule is CNN(c1ccc(OCCN2CCOCC2)cc1)c1nc(NC2CCC(N)CC2)ncc1N. The molecule has 2 aromatic rings. The molecule has 1 aromatic carbocycles. The molecule has 2 heterocycles. The fourth-order valence-electron chi connectivity index (χ4n) is 4.24. The Morgan fingerprint density at radius 1 is 1.15 bits per heavy atom. The zero-order valence-corrected chi connectivity index (χ0v) is 19.4. The maximum atomic E-state index is 6.23. The molecule has 0 radical (unpaired) electrons. The highest BCUT2D eigenvalue weighted by molar-refractivity contribution is 5.71. The molecule has 4 rings (SSSR count). The summed E-state index contributed by atoms with van der Waals surface area (Å²) in [6, 6.07) is 8.52. The van der Waals surface area contributed by atoms with Gasteiger partial charge in [0, 0.05) is 38.8 Å². The third kappa shape index (κ3) is 6.44. The lowest BCUT2D eigenvalue weighted by Crippen LogP contribution is -2.38. The number of hydrazine groups is 1. The van der Waals surface area contributed by atoms with Crippen molar-refractivity contribution in [3.8, 4) is 5.75 Å². The Bertz CT molecular complexity index is 867. The molecule has 1 aromatic heterocycles. The first kappa shape index (κ1) is 23.5. The van der Waals surface area contributed by atoms with E-state index < -0.39 is 0 Å². The van der Waals surface area contributed by atoms with Gasteiger partial charge in [0.25, 0.3) is 0 Å². The smallest absolute Gasteiger partial charge is 0.225 e. The van der Waals surface area contributed by atoms with E-state index in [0.29, 0.717) is 36.1 Å². The molecule has 0 spiro atoms. The molecule has 10 heteroatoms. The van der Waals surface area contributed by atoms with Gasteiger partial charge < -0.3 is 26.3 Å². The van der Waals surface area contributed by atoms with E-state index in [1.165, 1.54) is 0 Å². The largest absolute Gasteiger partial charge is 0.492 e. The number of aromatic nitrogens is 2. The first-order chi connectivity index (χ1) is 16.1. The van der Waals surface area contributed by atoms with Crippen molar-refractivity contribution in [1.29, 1.82) is 0 Å². The van der Waals surface area contributed by atoms with E-state index in [0.717, 1.165) is 70.0 Å². The van der Waals surface area contributed by atoms with Crippen molar-refractivity contribution in [3.05, 3.63) is 30.5 Å². The average molecular weight is 457 g/mol. The van der Waals surface area contributed by atoms with Crippen LogP contribution in [0.15, 0.2) is 30.5 Å². The topological polar surface area (TPSA) is 127 Å². The average Bonchev–Trinajstić information content (AvgIpc) is 2.84. The van der Waals surface area contributed by atoms with Crippen LogP contribution in [-0.4, -0.2) is 73.5 Å². The van der Waals surface area contributed by atoms with Crippen molar-refractivity contribution in [3.63, 3.8) is 0 Å². The van der Waals surface area contributed by atoms with Crippen LogP contribution in [0.2, 0.25) is 0 Å². The van der Waals surface area contributed by atoms with Crippen molar-refractivity contribution in [2.75, 3.05) is 62.6 Å². The summed E-state index contributed by atoms with van der Waals surface area (Å²) in [5, 5.41) is 5.28. The van der Waals surface area contributed by atoms with Crippen molar-refractivity contribution in [2.24, 2.45) is 5.73 Å². The predicted molar refractivity (Wildman–Crippen MR) is 131 cm³/mol. The molecule has 6 N–H and O–H groups in total. The Balaban J connectivity index is 1.37. The molecule has 1 saturated carbocycles. The number of nitrogen functional groups attached to an aromatic ring is 1. The molecular weight excluding hydrogens is 420 g/mol. The maximum absolute atomic E-state index is 6.23. The highest BCUT2D eigenvalue weighted by Gasteiger charge is 2.20. The van der Waals surface area contributed by atoms with Gasteiger partial charge in [-0.05, 0) is 49.9 Å². The zero-order chi connectivity index (χ0) is 23.0. The maximum Gasteiger partial charge on any atom is 0.225 e. The van der Waals surface area contributed by atoms with Crippen molar-refractivity contribution >= 4 is 23.1 Å². The number of nitrogens with one attached hydrogen (secondary N) is 2. The molecule has 0 unspecified atom stereocenters. The minimum atomic E-state index is 0.303. The van der Waals surface area contributed by atoms with Crippen molar-refractivity contribution in [1.82, 2.24) is 20.3 Å². The first-order valence-corrected chi connectivity index (χ1v) is 11.8. The molecule has 2 fully saturated rings. The van der Waals surface area contributed by atoms with Gasteiger partial charge in [-0.2, -0.15) is 4.98 Å². The van der Waals surface area contributed by atoms with Crippen LogP contribution in [0.25, 0.3) is 0 Å². The lowest BCUT2D eigenvalue weighted by atomic mass is 9.92. The van der Waals surface area contributed by atoms with Gasteiger partial charge in [-0.15, -0.1) is 0 Å². The summed E-state index contributed by atoms with van der Waals surface area (Å²) in [4.78, 5) is 11.4. The Kier molecular flexibility index (Phi) is 8.16. The van der Waals surface area contributed by atoms with E-state index in [1.807, 2.05) is 36.3 Å². The number of nitrogens with two attached hydrogens (primary N) is 2. The minimum Gasteiger partial charge on any atom is -0.492 e. The Hall–Kier alpha value is -2.66. The number of ether oxygens (including phenoxy) is 2. The third-order valence-corrected chi connectivity index (χ3v) is 6.21. The second-order valence-corrected chi connectivity index (χ2v) is 8.58. The van der Waals surface area contributed by atoms with Crippen LogP contribution in [0.4, 0.5) is 23.1 Å². The number of hydrogen-bond donors (Lipinski definition) is 4. The van der Waals surface area contributed by atoms with Crippen LogP contribution in [0.3, 0.4) is 0 Å². The van der Waals surface area contributed by atoms with E-state index in [-0.39, 0.29) is 0 Å². The summed E-state index contributed by atoms with van der Waals surface area (Å²) in [5.41, 5.74) is 16.8. The molecule has 10 nitrogen and oxygen atoms in total. The van der Waals surface area contributed by atoms with Gasteiger partial charge in [0.1, 0.15) is 12.4 Å². The standard InChI is InChI=1S/C23H36N8O2/c1-26-31(19-6-8-20(9-7-19)33-15-12-30-10-13-32-14-11-30)22-21(25)16-27-23(29-22)28-18-4-2-17(24)3-5-18/h6-9,16-18,26H,2-5,10-15,24-25H2,1H3,(H,27,28,29). The van der Waals surface area contributed by atoms with Gasteiger partial charge in [-0.1, -0.05) is 0 Å². The van der Waals surface area contributed by atoms with Gasteiger partial charge in [0.15, 0.2) is 5.82 Å². The lowest BCUT2D eigenvalue weighted by molar-refractivity contribution is 0.0322. The van der Waals surface area contributed by atoms with Crippen LogP contribution in [-0.2, 0) is 4.74 Å². The van der Waals surface area contributed by atoms with Crippen LogP contribution in [0, 0.1) is 0 Å². The number of anilines is 4. The van der Waals surface area contributed by atoms with Gasteiger partial charge in [-0.3, -0.25) is 9.91 Å². The number of morpholine rings is 1. The predicted octanol–water partition coefficient (Wildman–Crippen LogP) is 1.72.